The molecule has 362 valence electrons. The van der Waals surface area contributed by atoms with Gasteiger partial charge in [-0.2, -0.15) is 159 Å². The van der Waals surface area contributed by atoms with E-state index in [1.54, 1.807) is 0 Å². The zero-order valence-corrected chi connectivity index (χ0v) is 25.7. The standard InChI is InChI=1S/C21F39N/c22-1-2(23)4(26,27)6(30,31)11(40,41)15(48,49)19(2,55)61(18(1,54)14(46,47)10(38,39)5(28,29)3(1,24)25)21(59,60)17(52,53)13(44,45)9(36,37)7(32,33)8(34,35)12(42,43)16(50,51)20(56,57)58. The number of hydrogen-bond donors (Lipinski definition) is 0. The lowest BCUT2D eigenvalue weighted by atomic mass is 9.58. The number of nitrogens with zero attached hydrogens (tertiary/aromatic N) is 1. The average molecular weight is 1010 g/mol. The molecule has 1 nitrogen and oxygen atoms in total. The minimum absolute atomic E-state index is 6.55. The summed E-state index contributed by atoms with van der Waals surface area (Å²) in [6, 6.07) is -10.9. The third-order valence-corrected chi connectivity index (χ3v) is 9.45. The van der Waals surface area contributed by atoms with Crippen LogP contribution in [0.1, 0.15) is 0 Å². The Bertz CT molecular complexity index is 1720. The zero-order valence-electron chi connectivity index (χ0n) is 25.7. The van der Waals surface area contributed by atoms with Gasteiger partial charge in [0.1, 0.15) is 0 Å². The van der Waals surface area contributed by atoms with Crippen molar-refractivity contribution in [3.05, 3.63) is 0 Å². The van der Waals surface area contributed by atoms with Gasteiger partial charge in [-0.25, -0.2) is 17.6 Å². The molecule has 0 spiro atoms. The second kappa shape index (κ2) is 11.4. The summed E-state index contributed by atoms with van der Waals surface area (Å²) in [5.74, 6) is -171. The van der Waals surface area contributed by atoms with Crippen LogP contribution in [0.25, 0.3) is 0 Å². The molecule has 3 rings (SSSR count). The molecule has 0 aromatic rings. The summed E-state index contributed by atoms with van der Waals surface area (Å²) in [5.41, 5.74) is -21.0. The molecule has 0 aromatic carbocycles. The summed E-state index contributed by atoms with van der Waals surface area (Å²) in [6.07, 6.45) is -8.60. The number of halogens is 39. The molecule has 0 amide bonds. The fourth-order valence-corrected chi connectivity index (χ4v) is 6.06. The monoisotopic (exact) mass is 1010 g/mol. The Morgan fingerprint density at radius 1 is 0.213 bits per heavy atom. The first kappa shape index (κ1) is 52.6. The maximum atomic E-state index is 16.1. The largest absolute Gasteiger partial charge is 0.460 e. The maximum Gasteiger partial charge on any atom is 0.460 e. The van der Waals surface area contributed by atoms with E-state index in [0.717, 1.165) is 0 Å². The van der Waals surface area contributed by atoms with E-state index >= 15 is 26.3 Å². The molecule has 4 atom stereocenters. The maximum absolute atomic E-state index is 16.1. The van der Waals surface area contributed by atoms with Gasteiger partial charge in [0.25, 0.3) is 22.9 Å². The first-order valence-electron chi connectivity index (χ1n) is 13.3. The highest BCUT2D eigenvalue weighted by Crippen LogP contribution is 2.86. The minimum atomic E-state index is -10.9. The second-order valence-electron chi connectivity index (χ2n) is 12.6. The molecule has 2 aliphatic carbocycles. The minimum Gasteiger partial charge on any atom is -0.227 e. The molecule has 4 unspecified atom stereocenters. The highest BCUT2D eigenvalue weighted by molar-refractivity contribution is 5.49. The van der Waals surface area contributed by atoms with Gasteiger partial charge >= 0.3 is 101 Å². The van der Waals surface area contributed by atoms with Crippen LogP contribution < -0.4 is 0 Å². The Labute approximate surface area is 301 Å². The lowest BCUT2D eigenvalue weighted by Crippen LogP contribution is -2.92. The predicted octanol–water partition coefficient (Wildman–Crippen LogP) is 11.8. The molecule has 0 aromatic heterocycles. The number of likely N-dealkylation sites (tertiary alicyclic amines) is 1. The van der Waals surface area contributed by atoms with Crippen LogP contribution in [0.4, 0.5) is 171 Å². The van der Waals surface area contributed by atoms with E-state index in [-0.39, 0.29) is 0 Å². The van der Waals surface area contributed by atoms with Gasteiger partial charge in [0.2, 0.25) is 0 Å². The SMILES string of the molecule is FC(F)(F)C(F)(F)C(F)(F)C(F)(F)C(F)(F)C(F)(F)C(F)(F)C(F)(F)C(F)(F)N1C2(F)C(F)(F)C(F)(F)C(F)(F)C(F)(F)C2(F)C2(F)C(F)(F)C(F)(F)C(F)(F)C(F)(F)C12F. The van der Waals surface area contributed by atoms with Gasteiger partial charge in [-0.05, 0) is 0 Å². The van der Waals surface area contributed by atoms with Crippen LogP contribution in [0, 0.1) is 0 Å². The quantitative estimate of drug-likeness (QED) is 0.173. The van der Waals surface area contributed by atoms with Gasteiger partial charge in [-0.15, -0.1) is 0 Å². The Hall–Kier alpha value is -2.77. The molecule has 1 saturated heterocycles. The summed E-state index contributed by atoms with van der Waals surface area (Å²) in [6.45, 7) is 0. The topological polar surface area (TPSA) is 3.24 Å². The van der Waals surface area contributed by atoms with Crippen molar-refractivity contribution in [1.82, 2.24) is 4.90 Å². The van der Waals surface area contributed by atoms with Crippen molar-refractivity contribution in [2.45, 2.75) is 124 Å². The van der Waals surface area contributed by atoms with E-state index in [2.05, 4.69) is 0 Å². The van der Waals surface area contributed by atoms with Crippen LogP contribution in [0.2, 0.25) is 0 Å². The van der Waals surface area contributed by atoms with E-state index in [4.69, 9.17) is 0 Å². The summed E-state index contributed by atoms with van der Waals surface area (Å²) in [4.78, 5) is -6.55. The van der Waals surface area contributed by atoms with E-state index in [1.807, 2.05) is 0 Å². The highest BCUT2D eigenvalue weighted by Gasteiger charge is 3.20. The molecule has 1 aliphatic heterocycles. The third-order valence-electron chi connectivity index (χ3n) is 9.45. The van der Waals surface area contributed by atoms with Gasteiger partial charge in [0.15, 0.2) is 0 Å². The molecule has 40 heteroatoms. The van der Waals surface area contributed by atoms with Crippen LogP contribution in [-0.2, 0) is 0 Å². The summed E-state index contributed by atoms with van der Waals surface area (Å²) in [5, 5.41) is 0. The van der Waals surface area contributed by atoms with Crippen LogP contribution in [-0.4, -0.2) is 129 Å². The Kier molecular flexibility index (Phi) is 9.79. The van der Waals surface area contributed by atoms with Crippen molar-refractivity contribution in [3.63, 3.8) is 0 Å². The molecule has 0 bridgehead atoms. The Balaban J connectivity index is 2.74. The molecule has 0 N–H and O–H groups in total. The predicted molar refractivity (Wildman–Crippen MR) is 102 cm³/mol. The van der Waals surface area contributed by atoms with Crippen molar-refractivity contribution < 1.29 is 171 Å². The first-order chi connectivity index (χ1) is 25.6. The smallest absolute Gasteiger partial charge is 0.227 e. The van der Waals surface area contributed by atoms with Gasteiger partial charge in [0, 0.05) is 0 Å². The summed E-state index contributed by atoms with van der Waals surface area (Å²) < 4.78 is 558. The van der Waals surface area contributed by atoms with Crippen molar-refractivity contribution >= 4 is 0 Å². The van der Waals surface area contributed by atoms with E-state index in [9.17, 15) is 145 Å². The zero-order chi connectivity index (χ0) is 50.1. The number of fused-ring (bicyclic) bond motifs is 3. The van der Waals surface area contributed by atoms with Crippen LogP contribution >= 0.6 is 0 Å². The number of hydrogen-bond acceptors (Lipinski definition) is 1. The second-order valence-corrected chi connectivity index (χ2v) is 12.6. The third kappa shape index (κ3) is 4.19. The highest BCUT2D eigenvalue weighted by atomic mass is 19.4. The molecule has 3 fully saturated rings. The van der Waals surface area contributed by atoms with Gasteiger partial charge in [-0.3, -0.25) is 0 Å². The van der Waals surface area contributed by atoms with Crippen molar-refractivity contribution in [1.29, 1.82) is 0 Å². The molecule has 3 aliphatic rings. The Morgan fingerprint density at radius 2 is 0.393 bits per heavy atom. The molecular formula is C21F39N. The molecular weight excluding hydrogens is 1010 g/mol. The summed E-state index contributed by atoms with van der Waals surface area (Å²) >= 11 is 0. The van der Waals surface area contributed by atoms with Crippen molar-refractivity contribution in [3.8, 4) is 0 Å². The lowest BCUT2D eigenvalue weighted by Gasteiger charge is -2.58. The summed E-state index contributed by atoms with van der Waals surface area (Å²) in [7, 11) is 0. The molecule has 61 heavy (non-hydrogen) atoms. The van der Waals surface area contributed by atoms with Crippen molar-refractivity contribution in [2.24, 2.45) is 0 Å². The van der Waals surface area contributed by atoms with Crippen LogP contribution in [0.3, 0.4) is 0 Å². The van der Waals surface area contributed by atoms with Gasteiger partial charge in [0.05, 0.1) is 0 Å². The van der Waals surface area contributed by atoms with Gasteiger partial charge in [-0.1, -0.05) is 0 Å². The fourth-order valence-electron chi connectivity index (χ4n) is 6.06. The number of alkyl halides is 39. The van der Waals surface area contributed by atoms with Gasteiger partial charge < -0.3 is 0 Å². The first-order valence-corrected chi connectivity index (χ1v) is 13.3. The molecule has 0 radical (unpaired) electrons. The molecule has 1 heterocycles. The fraction of sp³-hybridized carbons (Fsp3) is 1.00. The molecule has 2 saturated carbocycles. The average Bonchev–Trinajstić information content (AvgIpc) is 3.18. The lowest BCUT2D eigenvalue weighted by molar-refractivity contribution is -0.514. The van der Waals surface area contributed by atoms with Crippen LogP contribution in [0.15, 0.2) is 0 Å². The van der Waals surface area contributed by atoms with Crippen molar-refractivity contribution in [2.75, 3.05) is 0 Å². The van der Waals surface area contributed by atoms with Crippen LogP contribution in [0.5, 0.6) is 0 Å². The number of rotatable bonds is 8. The normalized spacial score (nSPS) is 35.1. The van der Waals surface area contributed by atoms with E-state index in [0.29, 0.717) is 0 Å². The van der Waals surface area contributed by atoms with E-state index in [1.165, 1.54) is 0 Å². The Morgan fingerprint density at radius 3 is 0.607 bits per heavy atom. The van der Waals surface area contributed by atoms with E-state index < -0.39 is 129 Å².